The Balaban J connectivity index is 1.42. The van der Waals surface area contributed by atoms with Crippen LogP contribution in [0, 0.1) is 0 Å². The van der Waals surface area contributed by atoms with E-state index >= 15 is 0 Å². The highest BCUT2D eigenvalue weighted by Gasteiger charge is 2.30. The van der Waals surface area contributed by atoms with E-state index in [1.165, 1.54) is 6.07 Å². The smallest absolute Gasteiger partial charge is 0.370 e. The standard InChI is InChI=1S/C20H23F3N2O2S/c21-20(22,23)15-5-6-16-17(13-15)24-8-7-18(16)28-12-4-2-1-3-9-25-10-11-27-14-19(25)26/h5-8,13H,1-4,9-12,14H2. The molecular formula is C20H23F3N2O2S. The Bertz CT molecular complexity index is 814. The number of morpholine rings is 1. The monoisotopic (exact) mass is 412 g/mol. The Morgan fingerprint density at radius 3 is 2.75 bits per heavy atom. The van der Waals surface area contributed by atoms with E-state index in [9.17, 15) is 18.0 Å². The van der Waals surface area contributed by atoms with E-state index in [-0.39, 0.29) is 12.5 Å². The van der Waals surface area contributed by atoms with Gasteiger partial charge >= 0.3 is 6.18 Å². The number of aromatic nitrogens is 1. The molecule has 1 aliphatic heterocycles. The second-order valence-corrected chi connectivity index (χ2v) is 7.87. The van der Waals surface area contributed by atoms with Crippen molar-refractivity contribution >= 4 is 28.6 Å². The maximum absolute atomic E-state index is 12.8. The summed E-state index contributed by atoms with van der Waals surface area (Å²) in [7, 11) is 0. The van der Waals surface area contributed by atoms with Crippen LogP contribution >= 0.6 is 11.8 Å². The highest BCUT2D eigenvalue weighted by Crippen LogP contribution is 2.33. The molecule has 1 fully saturated rings. The Labute approximate surface area is 166 Å². The minimum absolute atomic E-state index is 0.0695. The fourth-order valence-corrected chi connectivity index (χ4v) is 4.20. The van der Waals surface area contributed by atoms with E-state index < -0.39 is 11.7 Å². The van der Waals surface area contributed by atoms with Gasteiger partial charge in [0, 0.05) is 29.6 Å². The third-order valence-electron chi connectivity index (χ3n) is 4.69. The highest BCUT2D eigenvalue weighted by molar-refractivity contribution is 7.99. The summed E-state index contributed by atoms with van der Waals surface area (Å²) in [4.78, 5) is 18.5. The Morgan fingerprint density at radius 2 is 1.96 bits per heavy atom. The number of thioether (sulfide) groups is 1. The molecule has 0 aliphatic carbocycles. The molecule has 0 unspecified atom stereocenters. The van der Waals surface area contributed by atoms with Crippen molar-refractivity contribution in [2.24, 2.45) is 0 Å². The zero-order chi connectivity index (χ0) is 20.0. The lowest BCUT2D eigenvalue weighted by atomic mass is 10.1. The van der Waals surface area contributed by atoms with Crippen molar-refractivity contribution in [2.45, 2.75) is 36.8 Å². The van der Waals surface area contributed by atoms with Crippen LogP contribution in [0.4, 0.5) is 13.2 Å². The molecule has 0 bridgehead atoms. The fourth-order valence-electron chi connectivity index (χ4n) is 3.15. The van der Waals surface area contributed by atoms with Crippen LogP contribution in [0.1, 0.15) is 31.2 Å². The number of fused-ring (bicyclic) bond motifs is 1. The van der Waals surface area contributed by atoms with Crippen LogP contribution in [0.15, 0.2) is 35.4 Å². The van der Waals surface area contributed by atoms with Crippen LogP contribution in [0.2, 0.25) is 0 Å². The molecule has 1 saturated heterocycles. The molecule has 28 heavy (non-hydrogen) atoms. The van der Waals surface area contributed by atoms with E-state index in [1.54, 1.807) is 18.0 Å². The molecule has 1 aromatic heterocycles. The fraction of sp³-hybridized carbons (Fsp3) is 0.500. The number of rotatable bonds is 8. The van der Waals surface area contributed by atoms with Gasteiger partial charge in [-0.05, 0) is 36.8 Å². The van der Waals surface area contributed by atoms with Gasteiger partial charge in [-0.25, -0.2) is 0 Å². The molecule has 1 aromatic carbocycles. The van der Waals surface area contributed by atoms with Gasteiger partial charge in [-0.2, -0.15) is 13.2 Å². The first-order valence-corrected chi connectivity index (χ1v) is 10.4. The SMILES string of the molecule is O=C1COCCN1CCCCCCSc1ccnc2cc(C(F)(F)F)ccc12. The van der Waals surface area contributed by atoms with Crippen LogP contribution in [0.3, 0.4) is 0 Å². The second-order valence-electron chi connectivity index (χ2n) is 6.73. The Morgan fingerprint density at radius 1 is 1.14 bits per heavy atom. The third kappa shape index (κ3) is 5.61. The van der Waals surface area contributed by atoms with Gasteiger partial charge in [-0.1, -0.05) is 18.9 Å². The van der Waals surface area contributed by atoms with Gasteiger partial charge in [0.05, 0.1) is 17.7 Å². The van der Waals surface area contributed by atoms with Crippen molar-refractivity contribution in [2.75, 3.05) is 32.1 Å². The molecule has 1 aliphatic rings. The number of nitrogens with zero attached hydrogens (tertiary/aromatic N) is 2. The largest absolute Gasteiger partial charge is 0.416 e. The van der Waals surface area contributed by atoms with Gasteiger partial charge < -0.3 is 9.64 Å². The van der Waals surface area contributed by atoms with Crippen LogP contribution in [0.5, 0.6) is 0 Å². The summed E-state index contributed by atoms with van der Waals surface area (Å²) in [6.45, 7) is 2.28. The maximum Gasteiger partial charge on any atom is 0.416 e. The predicted octanol–water partition coefficient (Wildman–Crippen LogP) is 4.76. The molecule has 4 nitrogen and oxygen atoms in total. The van der Waals surface area contributed by atoms with E-state index in [1.807, 2.05) is 11.0 Å². The van der Waals surface area contributed by atoms with E-state index in [2.05, 4.69) is 4.98 Å². The molecular weight excluding hydrogens is 389 g/mol. The minimum atomic E-state index is -4.36. The lowest BCUT2D eigenvalue weighted by molar-refractivity contribution is -0.142. The molecule has 0 N–H and O–H groups in total. The van der Waals surface area contributed by atoms with Gasteiger partial charge in [-0.3, -0.25) is 9.78 Å². The van der Waals surface area contributed by atoms with Crippen molar-refractivity contribution in [1.82, 2.24) is 9.88 Å². The summed E-state index contributed by atoms with van der Waals surface area (Å²) in [5.41, 5.74) is -0.302. The number of unbranched alkanes of at least 4 members (excludes halogenated alkanes) is 3. The molecule has 152 valence electrons. The molecule has 3 rings (SSSR count). The summed E-state index contributed by atoms with van der Waals surface area (Å²) in [6, 6.07) is 5.57. The van der Waals surface area contributed by atoms with Crippen LogP contribution in [-0.2, 0) is 15.7 Å². The lowest BCUT2D eigenvalue weighted by Crippen LogP contribution is -2.41. The average Bonchev–Trinajstić information content (AvgIpc) is 2.67. The molecule has 1 amide bonds. The number of ether oxygens (including phenoxy) is 1. The van der Waals surface area contributed by atoms with Crippen LogP contribution < -0.4 is 0 Å². The number of halogens is 3. The number of alkyl halides is 3. The van der Waals surface area contributed by atoms with Crippen molar-refractivity contribution in [3.8, 4) is 0 Å². The second kappa shape index (κ2) is 9.60. The number of hydrogen-bond acceptors (Lipinski definition) is 4. The number of amides is 1. The quantitative estimate of drug-likeness (QED) is 0.463. The van der Waals surface area contributed by atoms with Crippen molar-refractivity contribution in [1.29, 1.82) is 0 Å². The summed E-state index contributed by atoms with van der Waals surface area (Å²) in [5, 5.41) is 0.756. The van der Waals surface area contributed by atoms with Crippen LogP contribution in [0.25, 0.3) is 10.9 Å². The topological polar surface area (TPSA) is 42.4 Å². The van der Waals surface area contributed by atoms with E-state index in [0.717, 1.165) is 60.4 Å². The van der Waals surface area contributed by atoms with Crippen molar-refractivity contribution in [3.05, 3.63) is 36.0 Å². The van der Waals surface area contributed by atoms with Gasteiger partial charge in [0.15, 0.2) is 0 Å². The summed E-state index contributed by atoms with van der Waals surface area (Å²) < 4.78 is 43.7. The predicted molar refractivity (Wildman–Crippen MR) is 103 cm³/mol. The van der Waals surface area contributed by atoms with E-state index in [0.29, 0.717) is 18.7 Å². The van der Waals surface area contributed by atoms with Crippen LogP contribution in [-0.4, -0.2) is 47.8 Å². The average molecular weight is 412 g/mol. The molecule has 0 saturated carbocycles. The van der Waals surface area contributed by atoms with Gasteiger partial charge in [0.25, 0.3) is 0 Å². The lowest BCUT2D eigenvalue weighted by Gasteiger charge is -2.26. The molecule has 8 heteroatoms. The normalized spacial score (nSPS) is 15.4. The molecule has 2 aromatic rings. The van der Waals surface area contributed by atoms with E-state index in [4.69, 9.17) is 4.74 Å². The first-order chi connectivity index (χ1) is 13.4. The highest BCUT2D eigenvalue weighted by atomic mass is 32.2. The Hall–Kier alpha value is -1.80. The number of carbonyl (C=O) groups is 1. The molecule has 0 radical (unpaired) electrons. The number of pyridine rings is 1. The van der Waals surface area contributed by atoms with Gasteiger partial charge in [-0.15, -0.1) is 11.8 Å². The first kappa shape index (κ1) is 20.9. The summed E-state index contributed by atoms with van der Waals surface area (Å²) in [5.74, 6) is 0.969. The minimum Gasteiger partial charge on any atom is -0.370 e. The zero-order valence-electron chi connectivity index (χ0n) is 15.5. The maximum atomic E-state index is 12.8. The zero-order valence-corrected chi connectivity index (χ0v) is 16.3. The summed E-state index contributed by atoms with van der Waals surface area (Å²) in [6.07, 6.45) is 1.32. The first-order valence-electron chi connectivity index (χ1n) is 9.39. The number of carbonyl (C=O) groups excluding carboxylic acids is 1. The summed E-state index contributed by atoms with van der Waals surface area (Å²) >= 11 is 1.65. The molecule has 2 heterocycles. The third-order valence-corrected chi connectivity index (χ3v) is 5.85. The number of hydrogen-bond donors (Lipinski definition) is 0. The Kier molecular flexibility index (Phi) is 7.18. The van der Waals surface area contributed by atoms with Crippen molar-refractivity contribution in [3.63, 3.8) is 0 Å². The number of benzene rings is 1. The van der Waals surface area contributed by atoms with Crippen molar-refractivity contribution < 1.29 is 22.7 Å². The van der Waals surface area contributed by atoms with Gasteiger partial charge in [0.1, 0.15) is 6.61 Å². The molecule has 0 atom stereocenters. The van der Waals surface area contributed by atoms with Gasteiger partial charge in [0.2, 0.25) is 5.91 Å². The molecule has 0 spiro atoms.